The topological polar surface area (TPSA) is 75.8 Å². The van der Waals surface area contributed by atoms with E-state index in [9.17, 15) is 4.79 Å². The zero-order valence-electron chi connectivity index (χ0n) is 11.8. The van der Waals surface area contributed by atoms with Crippen LogP contribution in [0.15, 0.2) is 10.7 Å². The smallest absolute Gasteiger partial charge is 0.360 e. The Balaban J connectivity index is 2.88. The van der Waals surface area contributed by atoms with Crippen LogP contribution in [-0.2, 0) is 4.74 Å². The standard InChI is InChI=1S/C13H22N2O4/c1-4-10(5-2)15(7-8-16)13-14-11(9-19-13)12(17)18-6-3/h9-10,16H,4-8H2,1-3H3. The normalized spacial score (nSPS) is 10.8. The number of aliphatic hydroxyl groups is 1. The summed E-state index contributed by atoms with van der Waals surface area (Å²) in [6, 6.07) is 0.576. The van der Waals surface area contributed by atoms with Crippen LogP contribution < -0.4 is 4.90 Å². The molecular weight excluding hydrogens is 248 g/mol. The van der Waals surface area contributed by atoms with Crippen molar-refractivity contribution in [2.75, 3.05) is 24.7 Å². The second-order valence-electron chi connectivity index (χ2n) is 4.12. The van der Waals surface area contributed by atoms with E-state index in [-0.39, 0.29) is 18.3 Å². The fourth-order valence-electron chi connectivity index (χ4n) is 1.97. The number of hydrogen-bond acceptors (Lipinski definition) is 6. The van der Waals surface area contributed by atoms with Gasteiger partial charge in [-0.25, -0.2) is 4.79 Å². The van der Waals surface area contributed by atoms with E-state index in [1.54, 1.807) is 6.92 Å². The number of carbonyl (C=O) groups excluding carboxylic acids is 1. The van der Waals surface area contributed by atoms with Crippen molar-refractivity contribution in [2.24, 2.45) is 0 Å². The summed E-state index contributed by atoms with van der Waals surface area (Å²) in [5, 5.41) is 9.14. The molecule has 1 N–H and O–H groups in total. The van der Waals surface area contributed by atoms with Gasteiger partial charge in [0, 0.05) is 12.6 Å². The van der Waals surface area contributed by atoms with Crippen molar-refractivity contribution in [1.29, 1.82) is 0 Å². The SMILES string of the molecule is CCOC(=O)c1coc(N(CCO)C(CC)CC)n1. The first-order valence-electron chi connectivity index (χ1n) is 6.67. The molecule has 0 aliphatic heterocycles. The number of anilines is 1. The molecule has 1 heterocycles. The van der Waals surface area contributed by atoms with Crippen LogP contribution >= 0.6 is 0 Å². The molecule has 0 aliphatic rings. The largest absolute Gasteiger partial charge is 0.461 e. The van der Waals surface area contributed by atoms with Gasteiger partial charge in [-0.15, -0.1) is 0 Å². The third-order valence-electron chi connectivity index (χ3n) is 2.95. The molecule has 0 amide bonds. The first-order chi connectivity index (χ1) is 9.17. The zero-order valence-corrected chi connectivity index (χ0v) is 11.8. The number of esters is 1. The Morgan fingerprint density at radius 2 is 2.16 bits per heavy atom. The van der Waals surface area contributed by atoms with E-state index in [1.807, 2.05) is 4.90 Å². The summed E-state index contributed by atoms with van der Waals surface area (Å²) in [4.78, 5) is 17.6. The molecular formula is C13H22N2O4. The van der Waals surface area contributed by atoms with E-state index in [0.717, 1.165) is 12.8 Å². The summed E-state index contributed by atoms with van der Waals surface area (Å²) < 4.78 is 10.2. The van der Waals surface area contributed by atoms with Crippen molar-refractivity contribution in [3.63, 3.8) is 0 Å². The van der Waals surface area contributed by atoms with Crippen LogP contribution in [0.3, 0.4) is 0 Å². The molecule has 6 heteroatoms. The molecule has 0 aromatic carbocycles. The predicted molar refractivity (Wildman–Crippen MR) is 71.3 cm³/mol. The summed E-state index contributed by atoms with van der Waals surface area (Å²) in [6.07, 6.45) is 3.11. The Kier molecular flexibility index (Phi) is 6.35. The minimum atomic E-state index is -0.494. The minimum absolute atomic E-state index is 0.00756. The summed E-state index contributed by atoms with van der Waals surface area (Å²) >= 11 is 0. The first kappa shape index (κ1) is 15.5. The molecule has 108 valence electrons. The maximum Gasteiger partial charge on any atom is 0.360 e. The van der Waals surface area contributed by atoms with Crippen LogP contribution in [-0.4, -0.2) is 41.9 Å². The lowest BCUT2D eigenvalue weighted by Gasteiger charge is -2.28. The molecule has 1 aromatic rings. The summed E-state index contributed by atoms with van der Waals surface area (Å²) in [6.45, 7) is 6.60. The quantitative estimate of drug-likeness (QED) is 0.726. The average Bonchev–Trinajstić information content (AvgIpc) is 2.89. The van der Waals surface area contributed by atoms with Crippen molar-refractivity contribution < 1.29 is 19.1 Å². The van der Waals surface area contributed by atoms with Crippen molar-refractivity contribution in [3.8, 4) is 0 Å². The van der Waals surface area contributed by atoms with Gasteiger partial charge in [-0.3, -0.25) is 0 Å². The van der Waals surface area contributed by atoms with Gasteiger partial charge in [0.05, 0.1) is 13.2 Å². The Morgan fingerprint density at radius 1 is 1.47 bits per heavy atom. The molecule has 0 unspecified atom stereocenters. The van der Waals surface area contributed by atoms with Gasteiger partial charge in [0.1, 0.15) is 6.26 Å². The highest BCUT2D eigenvalue weighted by Gasteiger charge is 2.22. The molecule has 0 saturated heterocycles. The predicted octanol–water partition coefficient (Wildman–Crippen LogP) is 1.84. The third-order valence-corrected chi connectivity index (χ3v) is 2.95. The van der Waals surface area contributed by atoms with Gasteiger partial charge in [0.25, 0.3) is 6.01 Å². The highest BCUT2D eigenvalue weighted by molar-refractivity contribution is 5.87. The van der Waals surface area contributed by atoms with Gasteiger partial charge >= 0.3 is 5.97 Å². The number of rotatable bonds is 8. The maximum absolute atomic E-state index is 11.5. The summed E-state index contributed by atoms with van der Waals surface area (Å²) in [5.74, 6) is -0.494. The Hall–Kier alpha value is -1.56. The number of oxazole rings is 1. The summed E-state index contributed by atoms with van der Waals surface area (Å²) in [7, 11) is 0. The zero-order chi connectivity index (χ0) is 14.3. The van der Waals surface area contributed by atoms with E-state index >= 15 is 0 Å². The molecule has 0 atom stereocenters. The van der Waals surface area contributed by atoms with Gasteiger partial charge in [-0.2, -0.15) is 4.98 Å². The van der Waals surface area contributed by atoms with Gasteiger partial charge in [0.15, 0.2) is 5.69 Å². The maximum atomic E-state index is 11.5. The highest BCUT2D eigenvalue weighted by atomic mass is 16.5. The molecule has 6 nitrogen and oxygen atoms in total. The van der Waals surface area contributed by atoms with Crippen LogP contribution in [0, 0.1) is 0 Å². The van der Waals surface area contributed by atoms with E-state index in [0.29, 0.717) is 19.2 Å². The fraction of sp³-hybridized carbons (Fsp3) is 0.692. The van der Waals surface area contributed by atoms with Gasteiger partial charge in [0.2, 0.25) is 0 Å². The second kappa shape index (κ2) is 7.78. The van der Waals surface area contributed by atoms with Gasteiger partial charge < -0.3 is 19.2 Å². The van der Waals surface area contributed by atoms with Crippen LogP contribution in [0.5, 0.6) is 0 Å². The Labute approximate surface area is 113 Å². The average molecular weight is 270 g/mol. The molecule has 0 fully saturated rings. The van der Waals surface area contributed by atoms with E-state index in [1.165, 1.54) is 6.26 Å². The molecule has 1 aromatic heterocycles. The van der Waals surface area contributed by atoms with Gasteiger partial charge in [-0.05, 0) is 19.8 Å². The fourth-order valence-corrected chi connectivity index (χ4v) is 1.97. The monoisotopic (exact) mass is 270 g/mol. The Bertz CT molecular complexity index is 388. The lowest BCUT2D eigenvalue weighted by Crippen LogP contribution is -2.37. The molecule has 1 rings (SSSR count). The Morgan fingerprint density at radius 3 is 2.68 bits per heavy atom. The van der Waals surface area contributed by atoms with Gasteiger partial charge in [-0.1, -0.05) is 13.8 Å². The number of carbonyl (C=O) groups is 1. The first-order valence-corrected chi connectivity index (χ1v) is 6.67. The third kappa shape index (κ3) is 3.96. The molecule has 0 saturated carbocycles. The summed E-state index contributed by atoms with van der Waals surface area (Å²) in [5.41, 5.74) is 0.158. The van der Waals surface area contributed by atoms with Crippen molar-refractivity contribution in [2.45, 2.75) is 39.7 Å². The highest BCUT2D eigenvalue weighted by Crippen LogP contribution is 2.20. The van der Waals surface area contributed by atoms with Crippen LogP contribution in [0.2, 0.25) is 0 Å². The number of ether oxygens (including phenoxy) is 1. The van der Waals surface area contributed by atoms with Crippen LogP contribution in [0.25, 0.3) is 0 Å². The molecule has 0 aliphatic carbocycles. The van der Waals surface area contributed by atoms with E-state index < -0.39 is 5.97 Å². The van der Waals surface area contributed by atoms with E-state index in [4.69, 9.17) is 14.3 Å². The van der Waals surface area contributed by atoms with E-state index in [2.05, 4.69) is 18.8 Å². The van der Waals surface area contributed by atoms with Crippen molar-refractivity contribution >= 4 is 12.0 Å². The molecule has 19 heavy (non-hydrogen) atoms. The number of aromatic nitrogens is 1. The van der Waals surface area contributed by atoms with Crippen molar-refractivity contribution in [3.05, 3.63) is 12.0 Å². The van der Waals surface area contributed by atoms with Crippen LogP contribution in [0.1, 0.15) is 44.1 Å². The number of nitrogens with zero attached hydrogens (tertiary/aromatic N) is 2. The lowest BCUT2D eigenvalue weighted by atomic mass is 10.1. The lowest BCUT2D eigenvalue weighted by molar-refractivity contribution is 0.0519. The minimum Gasteiger partial charge on any atom is -0.461 e. The second-order valence-corrected chi connectivity index (χ2v) is 4.12. The van der Waals surface area contributed by atoms with Crippen LogP contribution in [0.4, 0.5) is 6.01 Å². The number of aliphatic hydroxyl groups excluding tert-OH is 1. The molecule has 0 radical (unpaired) electrons. The molecule has 0 spiro atoms. The molecule has 0 bridgehead atoms. The van der Waals surface area contributed by atoms with Crippen molar-refractivity contribution in [1.82, 2.24) is 4.98 Å². The number of hydrogen-bond donors (Lipinski definition) is 1.